The van der Waals surface area contributed by atoms with Crippen LogP contribution in [0.3, 0.4) is 0 Å². The Hall–Kier alpha value is -1.14. The summed E-state index contributed by atoms with van der Waals surface area (Å²) in [6, 6.07) is 5.80. The summed E-state index contributed by atoms with van der Waals surface area (Å²) in [5.74, 6) is 0.212. The number of carbonyl (C=O) groups excluding carboxylic acids is 2. The lowest BCUT2D eigenvalue weighted by molar-refractivity contribution is -0.127. The van der Waals surface area contributed by atoms with E-state index in [9.17, 15) is 9.59 Å². The summed E-state index contributed by atoms with van der Waals surface area (Å²) in [7, 11) is 0. The number of amides is 1. The molecule has 2 atom stereocenters. The second-order valence-corrected chi connectivity index (χ2v) is 8.54. The fourth-order valence-corrected chi connectivity index (χ4v) is 4.23. The van der Waals surface area contributed by atoms with Gasteiger partial charge in [-0.25, -0.2) is 0 Å². The first-order valence-corrected chi connectivity index (χ1v) is 9.71. The molecule has 0 spiro atoms. The predicted octanol–water partition coefficient (Wildman–Crippen LogP) is 3.03. The Balaban J connectivity index is 0.00000261. The van der Waals surface area contributed by atoms with Crippen LogP contribution in [0.25, 0.3) is 0 Å². The van der Waals surface area contributed by atoms with Crippen molar-refractivity contribution in [1.82, 2.24) is 10.2 Å². The summed E-state index contributed by atoms with van der Waals surface area (Å²) in [4.78, 5) is 29.3. The van der Waals surface area contributed by atoms with Crippen molar-refractivity contribution >= 4 is 41.4 Å². The zero-order valence-electron chi connectivity index (χ0n) is 16.4. The van der Waals surface area contributed by atoms with Gasteiger partial charge in [-0.1, -0.05) is 38.4 Å². The molecule has 150 valence electrons. The fraction of sp³-hybridized carbons (Fsp3) is 0.600. The number of carbonyl (C=O) groups is 2. The molecule has 0 unspecified atom stereocenters. The van der Waals surface area contributed by atoms with Crippen molar-refractivity contribution in [2.24, 2.45) is 0 Å². The Morgan fingerprint density at radius 1 is 1.33 bits per heavy atom. The third-order valence-corrected chi connectivity index (χ3v) is 5.74. The summed E-state index contributed by atoms with van der Waals surface area (Å²) in [6.45, 7) is 10.4. The van der Waals surface area contributed by atoms with Crippen molar-refractivity contribution in [3.63, 3.8) is 0 Å². The molecule has 0 bridgehead atoms. The quantitative estimate of drug-likeness (QED) is 0.823. The number of anilines is 1. The lowest BCUT2D eigenvalue weighted by Crippen LogP contribution is -2.60. The SMILES string of the molecule is CCC(=O)[C@H]1CN[C@H](C)CN1CC(=O)N1CC(C)(C)c2ccc(Cl)cc21.Cl. The van der Waals surface area contributed by atoms with Gasteiger partial charge in [0.05, 0.1) is 12.6 Å². The van der Waals surface area contributed by atoms with E-state index >= 15 is 0 Å². The molecule has 1 N–H and O–H groups in total. The second-order valence-electron chi connectivity index (χ2n) is 8.10. The van der Waals surface area contributed by atoms with Crippen molar-refractivity contribution in [1.29, 1.82) is 0 Å². The van der Waals surface area contributed by atoms with Crippen molar-refractivity contribution in [2.75, 3.05) is 31.1 Å². The molecule has 2 heterocycles. The molecule has 1 amide bonds. The molecule has 1 aromatic carbocycles. The van der Waals surface area contributed by atoms with Gasteiger partial charge in [-0.15, -0.1) is 12.4 Å². The van der Waals surface area contributed by atoms with Crippen LogP contribution in [0.5, 0.6) is 0 Å². The number of fused-ring (bicyclic) bond motifs is 1. The van der Waals surface area contributed by atoms with Gasteiger partial charge < -0.3 is 10.2 Å². The van der Waals surface area contributed by atoms with Crippen LogP contribution < -0.4 is 10.2 Å². The van der Waals surface area contributed by atoms with E-state index < -0.39 is 0 Å². The molecule has 27 heavy (non-hydrogen) atoms. The molecule has 0 aromatic heterocycles. The van der Waals surface area contributed by atoms with Crippen LogP contribution in [0.4, 0.5) is 5.69 Å². The van der Waals surface area contributed by atoms with Crippen molar-refractivity contribution in [3.05, 3.63) is 28.8 Å². The Kier molecular flexibility index (Phi) is 6.96. The highest BCUT2D eigenvalue weighted by molar-refractivity contribution is 6.31. The average Bonchev–Trinajstić information content (AvgIpc) is 2.85. The molecule has 2 aliphatic rings. The minimum atomic E-state index is -0.227. The van der Waals surface area contributed by atoms with Gasteiger partial charge in [0, 0.05) is 48.2 Å². The molecule has 5 nitrogen and oxygen atoms in total. The van der Waals surface area contributed by atoms with Crippen LogP contribution in [0.2, 0.25) is 5.02 Å². The first kappa shape index (κ1) is 22.2. The molecule has 2 aliphatic heterocycles. The zero-order chi connectivity index (χ0) is 19.1. The van der Waals surface area contributed by atoms with Crippen LogP contribution in [-0.4, -0.2) is 54.9 Å². The maximum absolute atomic E-state index is 13.1. The van der Waals surface area contributed by atoms with E-state index in [1.165, 1.54) is 0 Å². The van der Waals surface area contributed by atoms with E-state index in [4.69, 9.17) is 11.6 Å². The van der Waals surface area contributed by atoms with Gasteiger partial charge in [0.1, 0.15) is 0 Å². The third-order valence-electron chi connectivity index (χ3n) is 5.50. The van der Waals surface area contributed by atoms with Crippen LogP contribution >= 0.6 is 24.0 Å². The first-order valence-electron chi connectivity index (χ1n) is 9.33. The molecule has 1 aromatic rings. The molecule has 0 saturated carbocycles. The standard InChI is InChI=1S/C20H28ClN3O2.ClH/c1-5-18(25)17-9-22-13(2)10-23(17)11-19(26)24-12-20(3,4)15-7-6-14(21)8-16(15)24;/h6-8,13,17,22H,5,9-12H2,1-4H3;1H/t13-,17-;/m1./s1. The molecule has 1 saturated heterocycles. The Morgan fingerprint density at radius 3 is 2.70 bits per heavy atom. The third kappa shape index (κ3) is 4.48. The lowest BCUT2D eigenvalue weighted by atomic mass is 9.87. The van der Waals surface area contributed by atoms with Gasteiger partial charge in [0.25, 0.3) is 0 Å². The summed E-state index contributed by atoms with van der Waals surface area (Å²) < 4.78 is 0. The fourth-order valence-electron chi connectivity index (χ4n) is 4.06. The summed E-state index contributed by atoms with van der Waals surface area (Å²) in [5.41, 5.74) is 1.93. The first-order chi connectivity index (χ1) is 12.2. The minimum Gasteiger partial charge on any atom is -0.311 e. The summed E-state index contributed by atoms with van der Waals surface area (Å²) in [5, 5.41) is 3.98. The second kappa shape index (κ2) is 8.48. The van der Waals surface area contributed by atoms with Crippen molar-refractivity contribution in [2.45, 2.75) is 51.6 Å². The predicted molar refractivity (Wildman–Crippen MR) is 112 cm³/mol. The highest BCUT2D eigenvalue weighted by atomic mass is 35.5. The van der Waals surface area contributed by atoms with Gasteiger partial charge >= 0.3 is 0 Å². The van der Waals surface area contributed by atoms with E-state index in [0.717, 1.165) is 11.3 Å². The molecular weight excluding hydrogens is 385 g/mol. The van der Waals surface area contributed by atoms with E-state index in [0.29, 0.717) is 31.1 Å². The highest BCUT2D eigenvalue weighted by Gasteiger charge is 2.39. The van der Waals surface area contributed by atoms with Crippen LogP contribution in [0.1, 0.15) is 39.7 Å². The number of hydrogen-bond acceptors (Lipinski definition) is 4. The van der Waals surface area contributed by atoms with Crippen molar-refractivity contribution in [3.8, 4) is 0 Å². The Bertz CT molecular complexity index is 723. The van der Waals surface area contributed by atoms with Crippen LogP contribution in [0.15, 0.2) is 18.2 Å². The number of piperazine rings is 1. The summed E-state index contributed by atoms with van der Waals surface area (Å²) >= 11 is 6.18. The number of nitrogens with one attached hydrogen (secondary N) is 1. The normalized spacial score (nSPS) is 24.3. The number of hydrogen-bond donors (Lipinski definition) is 1. The minimum absolute atomic E-state index is 0. The number of nitrogens with zero attached hydrogens (tertiary/aromatic N) is 2. The molecule has 0 aliphatic carbocycles. The van der Waals surface area contributed by atoms with Gasteiger partial charge in [-0.05, 0) is 24.6 Å². The summed E-state index contributed by atoms with van der Waals surface area (Å²) in [6.07, 6.45) is 0.487. The maximum atomic E-state index is 13.1. The van der Waals surface area contributed by atoms with Gasteiger partial charge in [-0.3, -0.25) is 14.5 Å². The van der Waals surface area contributed by atoms with E-state index in [1.54, 1.807) is 0 Å². The number of ketones is 1. The van der Waals surface area contributed by atoms with Crippen LogP contribution in [0, 0.1) is 0 Å². The van der Waals surface area contributed by atoms with Gasteiger partial charge in [0.15, 0.2) is 5.78 Å². The topological polar surface area (TPSA) is 52.7 Å². The zero-order valence-corrected chi connectivity index (χ0v) is 18.0. The Morgan fingerprint density at radius 2 is 2.04 bits per heavy atom. The van der Waals surface area contributed by atoms with Crippen LogP contribution in [-0.2, 0) is 15.0 Å². The average molecular weight is 414 g/mol. The smallest absolute Gasteiger partial charge is 0.241 e. The van der Waals surface area contributed by atoms with Gasteiger partial charge in [-0.2, -0.15) is 0 Å². The Labute approximate surface area is 172 Å². The number of halogens is 2. The van der Waals surface area contributed by atoms with E-state index in [2.05, 4.69) is 26.1 Å². The largest absolute Gasteiger partial charge is 0.311 e. The molecule has 7 heteroatoms. The maximum Gasteiger partial charge on any atom is 0.241 e. The van der Waals surface area contributed by atoms with E-state index in [1.807, 2.05) is 34.9 Å². The van der Waals surface area contributed by atoms with Crippen molar-refractivity contribution < 1.29 is 9.59 Å². The number of Topliss-reactive ketones (excluding diaryl/α,β-unsaturated/α-hetero) is 1. The molecule has 0 radical (unpaired) electrons. The molecule has 3 rings (SSSR count). The number of rotatable bonds is 4. The highest BCUT2D eigenvalue weighted by Crippen LogP contribution is 2.41. The molecular formula is C20H29Cl2N3O2. The monoisotopic (exact) mass is 413 g/mol. The van der Waals surface area contributed by atoms with Gasteiger partial charge in [0.2, 0.25) is 5.91 Å². The van der Waals surface area contributed by atoms with E-state index in [-0.39, 0.29) is 48.1 Å². The number of benzene rings is 1. The molecule has 1 fully saturated rings. The lowest BCUT2D eigenvalue weighted by Gasteiger charge is -2.38.